The first-order valence-corrected chi connectivity index (χ1v) is 7.91. The van der Waals surface area contributed by atoms with Gasteiger partial charge in [0, 0.05) is 11.3 Å². The number of thiocarbonyl (C=S) groups is 1. The van der Waals surface area contributed by atoms with E-state index in [0.717, 1.165) is 23.4 Å². The predicted molar refractivity (Wildman–Crippen MR) is 93.7 cm³/mol. The van der Waals surface area contributed by atoms with Gasteiger partial charge in [-0.3, -0.25) is 0 Å². The minimum absolute atomic E-state index is 0.362. The Morgan fingerprint density at radius 1 is 1.10 bits per heavy atom. The number of hydrogen-bond donors (Lipinski definition) is 2. The van der Waals surface area contributed by atoms with Gasteiger partial charge >= 0.3 is 0 Å². The fourth-order valence-electron chi connectivity index (χ4n) is 2.81. The lowest BCUT2D eigenvalue weighted by Crippen LogP contribution is -2.09. The summed E-state index contributed by atoms with van der Waals surface area (Å²) in [5, 5.41) is 4.08. The summed E-state index contributed by atoms with van der Waals surface area (Å²) in [7, 11) is 0. The molecular weight excluding hydrogens is 300 g/mol. The molecular formula is C17H17ClN2S. The normalized spacial score (nSPS) is 13.6. The summed E-state index contributed by atoms with van der Waals surface area (Å²) in [5.41, 5.74) is 11.3. The number of hydrogen-bond acceptors (Lipinski definition) is 2. The second-order valence-electron chi connectivity index (χ2n) is 5.33. The number of rotatable bonds is 3. The average molecular weight is 317 g/mol. The van der Waals surface area contributed by atoms with Crippen molar-refractivity contribution in [3.8, 4) is 0 Å². The first-order valence-electron chi connectivity index (χ1n) is 7.12. The summed E-state index contributed by atoms with van der Waals surface area (Å²) in [6.45, 7) is 0. The largest absolute Gasteiger partial charge is 0.389 e. The zero-order chi connectivity index (χ0) is 14.8. The van der Waals surface area contributed by atoms with Gasteiger partial charge in [0.15, 0.2) is 0 Å². The monoisotopic (exact) mass is 316 g/mol. The molecule has 1 aliphatic rings. The number of aryl methyl sites for hydroxylation is 1. The molecule has 4 heteroatoms. The molecule has 0 aromatic heterocycles. The molecule has 2 aromatic carbocycles. The molecule has 21 heavy (non-hydrogen) atoms. The van der Waals surface area contributed by atoms with Crippen molar-refractivity contribution in [3.05, 3.63) is 58.1 Å². The van der Waals surface area contributed by atoms with Crippen LogP contribution in [-0.2, 0) is 12.8 Å². The molecule has 0 spiro atoms. The highest BCUT2D eigenvalue weighted by molar-refractivity contribution is 7.80. The quantitative estimate of drug-likeness (QED) is 0.813. The van der Waals surface area contributed by atoms with Crippen LogP contribution in [0.15, 0.2) is 36.4 Å². The minimum Gasteiger partial charge on any atom is -0.389 e. The van der Waals surface area contributed by atoms with E-state index >= 15 is 0 Å². The molecule has 0 fully saturated rings. The van der Waals surface area contributed by atoms with E-state index < -0.39 is 0 Å². The van der Waals surface area contributed by atoms with Crippen LogP contribution in [0.3, 0.4) is 0 Å². The van der Waals surface area contributed by atoms with Crippen LogP contribution < -0.4 is 11.1 Å². The first kappa shape index (κ1) is 14.4. The summed E-state index contributed by atoms with van der Waals surface area (Å²) in [4.78, 5) is 0.362. The second kappa shape index (κ2) is 6.04. The van der Waals surface area contributed by atoms with E-state index in [1.807, 2.05) is 18.2 Å². The molecule has 0 radical (unpaired) electrons. The van der Waals surface area contributed by atoms with Crippen molar-refractivity contribution >= 4 is 40.2 Å². The third kappa shape index (κ3) is 3.04. The van der Waals surface area contributed by atoms with Gasteiger partial charge in [-0.2, -0.15) is 0 Å². The van der Waals surface area contributed by atoms with Crippen LogP contribution in [0, 0.1) is 0 Å². The summed E-state index contributed by atoms with van der Waals surface area (Å²) >= 11 is 11.3. The third-order valence-electron chi connectivity index (χ3n) is 3.92. The summed E-state index contributed by atoms with van der Waals surface area (Å²) in [6, 6.07) is 12.1. The van der Waals surface area contributed by atoms with E-state index in [4.69, 9.17) is 29.6 Å². The molecule has 0 bridgehead atoms. The van der Waals surface area contributed by atoms with Gasteiger partial charge in [0.05, 0.1) is 10.7 Å². The fourth-order valence-corrected chi connectivity index (χ4v) is 3.17. The van der Waals surface area contributed by atoms with Crippen LogP contribution in [0.2, 0.25) is 5.02 Å². The van der Waals surface area contributed by atoms with Gasteiger partial charge in [-0.05, 0) is 61.1 Å². The van der Waals surface area contributed by atoms with Crippen LogP contribution in [0.5, 0.6) is 0 Å². The SMILES string of the molecule is NC(=S)c1ccc(Nc2cccc3c2CCCC3)c(Cl)c1. The second-order valence-corrected chi connectivity index (χ2v) is 6.18. The average Bonchev–Trinajstić information content (AvgIpc) is 2.49. The molecule has 2 aromatic rings. The van der Waals surface area contributed by atoms with Gasteiger partial charge in [-0.25, -0.2) is 0 Å². The zero-order valence-electron chi connectivity index (χ0n) is 11.7. The third-order valence-corrected chi connectivity index (χ3v) is 4.47. The van der Waals surface area contributed by atoms with Gasteiger partial charge in [-0.1, -0.05) is 36.0 Å². The maximum absolute atomic E-state index is 6.33. The standard InChI is InChI=1S/C17H17ClN2S/c18-14-10-12(17(19)21)8-9-16(14)20-15-7-3-5-11-4-1-2-6-13(11)15/h3,5,7-10,20H,1-2,4,6H2,(H2,19,21). The van der Waals surface area contributed by atoms with Gasteiger partial charge in [-0.15, -0.1) is 0 Å². The number of nitrogens with two attached hydrogens (primary N) is 1. The maximum Gasteiger partial charge on any atom is 0.104 e. The molecule has 0 amide bonds. The Hall–Kier alpha value is -1.58. The van der Waals surface area contributed by atoms with Crippen LogP contribution >= 0.6 is 23.8 Å². The lowest BCUT2D eigenvalue weighted by molar-refractivity contribution is 0.687. The number of halogens is 1. The van der Waals surface area contributed by atoms with E-state index in [0.29, 0.717) is 10.0 Å². The van der Waals surface area contributed by atoms with Crippen molar-refractivity contribution in [1.29, 1.82) is 0 Å². The van der Waals surface area contributed by atoms with Crippen LogP contribution in [0.1, 0.15) is 29.5 Å². The maximum atomic E-state index is 6.33. The molecule has 0 aliphatic heterocycles. The Kier molecular flexibility index (Phi) is 4.13. The Balaban J connectivity index is 1.92. The molecule has 3 rings (SSSR count). The van der Waals surface area contributed by atoms with Gasteiger partial charge in [0.25, 0.3) is 0 Å². The van der Waals surface area contributed by atoms with Crippen LogP contribution in [-0.4, -0.2) is 4.99 Å². The summed E-state index contributed by atoms with van der Waals surface area (Å²) < 4.78 is 0. The molecule has 1 aliphatic carbocycles. The van der Waals surface area contributed by atoms with Gasteiger partial charge < -0.3 is 11.1 Å². The van der Waals surface area contributed by atoms with Crippen molar-refractivity contribution in [2.75, 3.05) is 5.32 Å². The van der Waals surface area contributed by atoms with Crippen molar-refractivity contribution in [1.82, 2.24) is 0 Å². The number of anilines is 2. The molecule has 2 nitrogen and oxygen atoms in total. The summed E-state index contributed by atoms with van der Waals surface area (Å²) in [5.74, 6) is 0. The minimum atomic E-state index is 0.362. The molecule has 0 saturated carbocycles. The van der Waals surface area contributed by atoms with E-state index in [2.05, 4.69) is 23.5 Å². The Bertz CT molecular complexity index is 697. The fraction of sp³-hybridized carbons (Fsp3) is 0.235. The Morgan fingerprint density at radius 2 is 1.90 bits per heavy atom. The van der Waals surface area contributed by atoms with Crippen molar-refractivity contribution in [2.24, 2.45) is 5.73 Å². The molecule has 0 atom stereocenters. The van der Waals surface area contributed by atoms with Crippen molar-refractivity contribution in [2.45, 2.75) is 25.7 Å². The van der Waals surface area contributed by atoms with E-state index in [1.165, 1.54) is 30.4 Å². The Morgan fingerprint density at radius 3 is 2.67 bits per heavy atom. The van der Waals surface area contributed by atoms with Gasteiger partial charge in [0.1, 0.15) is 4.99 Å². The molecule has 108 valence electrons. The van der Waals surface area contributed by atoms with Crippen molar-refractivity contribution in [3.63, 3.8) is 0 Å². The smallest absolute Gasteiger partial charge is 0.104 e. The Labute approximate surface area is 135 Å². The molecule has 3 N–H and O–H groups in total. The topological polar surface area (TPSA) is 38.0 Å². The van der Waals surface area contributed by atoms with Crippen LogP contribution in [0.25, 0.3) is 0 Å². The lowest BCUT2D eigenvalue weighted by Gasteiger charge is -2.20. The first-order chi connectivity index (χ1) is 10.1. The zero-order valence-corrected chi connectivity index (χ0v) is 13.2. The van der Waals surface area contributed by atoms with Crippen LogP contribution in [0.4, 0.5) is 11.4 Å². The van der Waals surface area contributed by atoms with Crippen molar-refractivity contribution < 1.29 is 0 Å². The number of nitrogens with one attached hydrogen (secondary N) is 1. The highest BCUT2D eigenvalue weighted by atomic mass is 35.5. The van der Waals surface area contributed by atoms with Gasteiger partial charge in [0.2, 0.25) is 0 Å². The van der Waals surface area contributed by atoms with E-state index in [-0.39, 0.29) is 0 Å². The molecule has 0 heterocycles. The molecule has 0 unspecified atom stereocenters. The van der Waals surface area contributed by atoms with E-state index in [9.17, 15) is 0 Å². The number of benzene rings is 2. The number of fused-ring (bicyclic) bond motifs is 1. The predicted octanol–water partition coefficient (Wildman–Crippen LogP) is 4.60. The molecule has 0 saturated heterocycles. The highest BCUT2D eigenvalue weighted by Crippen LogP contribution is 2.32. The lowest BCUT2D eigenvalue weighted by atomic mass is 9.90. The summed E-state index contributed by atoms with van der Waals surface area (Å²) in [6.07, 6.45) is 4.82. The van der Waals surface area contributed by atoms with E-state index in [1.54, 1.807) is 0 Å². The highest BCUT2D eigenvalue weighted by Gasteiger charge is 2.13.